The maximum absolute atomic E-state index is 9.85. The van der Waals surface area contributed by atoms with E-state index >= 15 is 0 Å². The van der Waals surface area contributed by atoms with Gasteiger partial charge in [-0.3, -0.25) is 0 Å². The minimum absolute atomic E-state index is 0.239. The maximum atomic E-state index is 9.85. The minimum Gasteiger partial charge on any atom is -0.508 e. The molecule has 152 valence electrons. The Labute approximate surface area is 179 Å². The predicted octanol–water partition coefficient (Wildman–Crippen LogP) is 5.98. The fraction of sp³-hybridized carbons (Fsp3) is 0.231. The van der Waals surface area contributed by atoms with Crippen LogP contribution in [-0.4, -0.2) is 23.4 Å². The van der Waals surface area contributed by atoms with E-state index in [1.54, 1.807) is 12.1 Å². The molecular weight excluding hydrogens is 371 g/mol. The molecule has 30 heavy (non-hydrogen) atoms. The summed E-state index contributed by atoms with van der Waals surface area (Å²) in [5.41, 5.74) is 4.21. The summed E-state index contributed by atoms with van der Waals surface area (Å²) in [5, 5.41) is 9.85. The molecule has 0 saturated carbocycles. The highest BCUT2D eigenvalue weighted by molar-refractivity contribution is 6.71. The smallest absolute Gasteiger partial charge is 0.496 e. The lowest BCUT2D eigenvalue weighted by molar-refractivity contribution is 0.00578. The van der Waals surface area contributed by atoms with Crippen molar-refractivity contribution in [2.24, 2.45) is 0 Å². The van der Waals surface area contributed by atoms with Crippen molar-refractivity contribution in [1.82, 2.24) is 0 Å². The Morgan fingerprint density at radius 3 is 1.57 bits per heavy atom. The molecule has 1 saturated heterocycles. The highest BCUT2D eigenvalue weighted by Crippen LogP contribution is 2.44. The molecule has 1 fully saturated rings. The van der Waals surface area contributed by atoms with Crippen LogP contribution in [0.15, 0.2) is 84.9 Å². The van der Waals surface area contributed by atoms with Crippen molar-refractivity contribution < 1.29 is 14.4 Å². The normalized spacial score (nSPS) is 18.2. The minimum atomic E-state index is -0.526. The van der Waals surface area contributed by atoms with Gasteiger partial charge < -0.3 is 14.4 Å². The molecular formula is C26H27BO3. The molecule has 0 atom stereocenters. The number of hydrogen-bond donors (Lipinski definition) is 1. The highest BCUT2D eigenvalue weighted by Gasteiger charge is 2.53. The molecule has 0 bridgehead atoms. The third kappa shape index (κ3) is 3.81. The van der Waals surface area contributed by atoms with Crippen LogP contribution >= 0.6 is 0 Å². The van der Waals surface area contributed by atoms with Crippen molar-refractivity contribution in [1.29, 1.82) is 0 Å². The summed E-state index contributed by atoms with van der Waals surface area (Å²) < 4.78 is 13.0. The van der Waals surface area contributed by atoms with Gasteiger partial charge in [0.1, 0.15) is 5.75 Å². The van der Waals surface area contributed by atoms with E-state index in [-0.39, 0.29) is 5.75 Å². The predicted molar refractivity (Wildman–Crippen MR) is 123 cm³/mol. The zero-order valence-corrected chi connectivity index (χ0v) is 17.9. The second-order valence-electron chi connectivity index (χ2n) is 8.66. The number of phenolic OH excluding ortho intramolecular Hbond substituents is 1. The van der Waals surface area contributed by atoms with Crippen LogP contribution in [0.25, 0.3) is 11.0 Å². The molecule has 1 N–H and O–H groups in total. The fourth-order valence-electron chi connectivity index (χ4n) is 3.69. The second kappa shape index (κ2) is 7.79. The van der Waals surface area contributed by atoms with Gasteiger partial charge in [0.2, 0.25) is 0 Å². The van der Waals surface area contributed by atoms with E-state index in [0.29, 0.717) is 0 Å². The summed E-state index contributed by atoms with van der Waals surface area (Å²) in [7, 11) is -0.526. The number of rotatable bonds is 4. The van der Waals surface area contributed by atoms with E-state index in [1.165, 1.54) is 0 Å². The Balaban J connectivity index is 2.01. The molecule has 0 spiro atoms. The Morgan fingerprint density at radius 1 is 0.633 bits per heavy atom. The van der Waals surface area contributed by atoms with Crippen molar-refractivity contribution in [3.63, 3.8) is 0 Å². The summed E-state index contributed by atoms with van der Waals surface area (Å²) in [4.78, 5) is 0. The van der Waals surface area contributed by atoms with Gasteiger partial charge in [-0.2, -0.15) is 0 Å². The van der Waals surface area contributed by atoms with E-state index < -0.39 is 18.3 Å². The van der Waals surface area contributed by atoms with E-state index in [1.807, 2.05) is 48.5 Å². The first-order valence-electron chi connectivity index (χ1n) is 10.3. The molecule has 3 aromatic rings. The number of hydrogen-bond acceptors (Lipinski definition) is 3. The van der Waals surface area contributed by atoms with Crippen LogP contribution in [0.4, 0.5) is 0 Å². The number of aromatic hydroxyl groups is 1. The second-order valence-corrected chi connectivity index (χ2v) is 8.66. The largest absolute Gasteiger partial charge is 0.508 e. The molecule has 0 aromatic heterocycles. The summed E-state index contributed by atoms with van der Waals surface area (Å²) in [6, 6.07) is 27.8. The zero-order chi connectivity index (χ0) is 21.4. The van der Waals surface area contributed by atoms with Gasteiger partial charge in [-0.15, -0.1) is 0 Å². The van der Waals surface area contributed by atoms with Gasteiger partial charge in [0, 0.05) is 0 Å². The molecule has 0 radical (unpaired) electrons. The average Bonchev–Trinajstić information content (AvgIpc) is 2.95. The van der Waals surface area contributed by atoms with Crippen LogP contribution in [0.1, 0.15) is 44.4 Å². The van der Waals surface area contributed by atoms with Gasteiger partial charge in [-0.25, -0.2) is 0 Å². The first-order chi connectivity index (χ1) is 14.3. The Bertz CT molecular complexity index is 1020. The van der Waals surface area contributed by atoms with Crippen LogP contribution in [0.5, 0.6) is 5.75 Å². The standard InChI is InChI=1S/C26H27BO3/c1-25(2)26(3,4)30-27(29-25)24(21-13-9-6-10-14-21)23(19-11-7-5-8-12-19)20-15-17-22(28)18-16-20/h5-18,28H,1-4H3. The molecule has 1 aliphatic rings. The molecule has 3 aromatic carbocycles. The maximum Gasteiger partial charge on any atom is 0.496 e. The van der Waals surface area contributed by atoms with Crippen LogP contribution in [0, 0.1) is 0 Å². The van der Waals surface area contributed by atoms with Crippen molar-refractivity contribution >= 4 is 18.2 Å². The zero-order valence-electron chi connectivity index (χ0n) is 17.9. The van der Waals surface area contributed by atoms with Crippen molar-refractivity contribution in [2.45, 2.75) is 38.9 Å². The lowest BCUT2D eigenvalue weighted by atomic mass is 9.69. The number of benzene rings is 3. The first kappa shape index (κ1) is 20.5. The van der Waals surface area contributed by atoms with Crippen molar-refractivity contribution in [2.75, 3.05) is 0 Å². The highest BCUT2D eigenvalue weighted by atomic mass is 16.7. The molecule has 4 rings (SSSR count). The van der Waals surface area contributed by atoms with Gasteiger partial charge in [0.15, 0.2) is 0 Å². The van der Waals surface area contributed by atoms with Crippen molar-refractivity contribution in [3.8, 4) is 5.75 Å². The van der Waals surface area contributed by atoms with Crippen molar-refractivity contribution in [3.05, 3.63) is 102 Å². The van der Waals surface area contributed by atoms with Crippen LogP contribution in [0.3, 0.4) is 0 Å². The quantitative estimate of drug-likeness (QED) is 0.434. The van der Waals surface area contributed by atoms with Gasteiger partial charge in [0.05, 0.1) is 11.2 Å². The lowest BCUT2D eigenvalue weighted by Crippen LogP contribution is -2.41. The Hall–Kier alpha value is -2.82. The molecule has 1 heterocycles. The summed E-state index contributed by atoms with van der Waals surface area (Å²) in [5.74, 6) is 0.239. The summed E-state index contributed by atoms with van der Waals surface area (Å²) >= 11 is 0. The molecule has 0 amide bonds. The molecule has 0 aliphatic carbocycles. The topological polar surface area (TPSA) is 38.7 Å². The van der Waals surface area contributed by atoms with E-state index in [4.69, 9.17) is 9.31 Å². The Morgan fingerprint density at radius 2 is 1.07 bits per heavy atom. The third-order valence-corrected chi connectivity index (χ3v) is 6.06. The van der Waals surface area contributed by atoms with Gasteiger partial charge in [-0.05, 0) is 67.6 Å². The van der Waals surface area contributed by atoms with Gasteiger partial charge in [-0.1, -0.05) is 72.8 Å². The molecule has 4 heteroatoms. The molecule has 3 nitrogen and oxygen atoms in total. The molecule has 0 unspecified atom stereocenters. The van der Waals surface area contributed by atoms with E-state index in [0.717, 1.165) is 27.7 Å². The lowest BCUT2D eigenvalue weighted by Gasteiger charge is -2.32. The van der Waals surface area contributed by atoms with Crippen LogP contribution < -0.4 is 0 Å². The van der Waals surface area contributed by atoms with Crippen LogP contribution in [0.2, 0.25) is 0 Å². The monoisotopic (exact) mass is 398 g/mol. The van der Waals surface area contributed by atoms with Gasteiger partial charge >= 0.3 is 7.12 Å². The third-order valence-electron chi connectivity index (χ3n) is 6.06. The average molecular weight is 398 g/mol. The number of phenols is 1. The fourth-order valence-corrected chi connectivity index (χ4v) is 3.69. The first-order valence-corrected chi connectivity index (χ1v) is 10.3. The van der Waals surface area contributed by atoms with Crippen LogP contribution in [-0.2, 0) is 9.31 Å². The van der Waals surface area contributed by atoms with E-state index in [2.05, 4.69) is 52.0 Å². The molecule has 1 aliphatic heterocycles. The SMILES string of the molecule is CC1(C)OB(C(=C(c2ccccc2)c2ccc(O)cc2)c2ccccc2)OC1(C)C. The Kier molecular flexibility index (Phi) is 5.31. The van der Waals surface area contributed by atoms with Gasteiger partial charge in [0.25, 0.3) is 0 Å². The van der Waals surface area contributed by atoms with E-state index in [9.17, 15) is 5.11 Å². The summed E-state index contributed by atoms with van der Waals surface area (Å²) in [6.07, 6.45) is 0. The summed E-state index contributed by atoms with van der Waals surface area (Å²) in [6.45, 7) is 8.27.